The van der Waals surface area contributed by atoms with Crippen molar-refractivity contribution in [3.63, 3.8) is 0 Å². The Morgan fingerprint density at radius 1 is 0.906 bits per heavy atom. The second-order valence-electron chi connectivity index (χ2n) is 7.19. The average molecular weight is 455 g/mol. The van der Waals surface area contributed by atoms with Gasteiger partial charge in [0.2, 0.25) is 0 Å². The number of nitrogens with zero attached hydrogens (tertiary/aromatic N) is 4. The minimum Gasteiger partial charge on any atom is -0.366 e. The van der Waals surface area contributed by atoms with E-state index in [-0.39, 0.29) is 35.7 Å². The number of halogens is 6. The predicted molar refractivity (Wildman–Crippen MR) is 107 cm³/mol. The quantitative estimate of drug-likeness (QED) is 0.512. The van der Waals surface area contributed by atoms with Crippen LogP contribution < -0.4 is 5.32 Å². The van der Waals surface area contributed by atoms with Gasteiger partial charge in [-0.2, -0.15) is 26.3 Å². The zero-order chi connectivity index (χ0) is 23.5. The highest BCUT2D eigenvalue weighted by atomic mass is 19.4. The molecule has 0 saturated carbocycles. The van der Waals surface area contributed by atoms with E-state index < -0.39 is 23.5 Å². The molecule has 0 aliphatic heterocycles. The highest BCUT2D eigenvalue weighted by molar-refractivity contribution is 5.72. The number of hydrogen-bond donors (Lipinski definition) is 1. The Balaban J connectivity index is 1.99. The van der Waals surface area contributed by atoms with Crippen LogP contribution in [-0.4, -0.2) is 40.5 Å². The maximum Gasteiger partial charge on any atom is 0.416 e. The topological polar surface area (TPSA) is 53.9 Å². The molecule has 5 nitrogen and oxygen atoms in total. The molecule has 170 valence electrons. The third-order valence-corrected chi connectivity index (χ3v) is 4.71. The fourth-order valence-corrected chi connectivity index (χ4v) is 3.14. The zero-order valence-electron chi connectivity index (χ0n) is 17.0. The van der Waals surface area contributed by atoms with Crippen molar-refractivity contribution in [2.24, 2.45) is 0 Å². The molecule has 2 aromatic heterocycles. The van der Waals surface area contributed by atoms with Gasteiger partial charge in [0.1, 0.15) is 5.69 Å². The van der Waals surface area contributed by atoms with Crippen LogP contribution in [0.3, 0.4) is 0 Å². The number of rotatable bonds is 6. The number of pyridine rings is 1. The van der Waals surface area contributed by atoms with Crippen molar-refractivity contribution in [2.45, 2.75) is 18.4 Å². The van der Waals surface area contributed by atoms with Crippen LogP contribution in [-0.2, 0) is 12.4 Å². The summed E-state index contributed by atoms with van der Waals surface area (Å²) in [6.07, 6.45) is -4.11. The second-order valence-corrected chi connectivity index (χ2v) is 7.19. The van der Waals surface area contributed by atoms with Gasteiger partial charge in [-0.1, -0.05) is 6.07 Å². The lowest BCUT2D eigenvalue weighted by Gasteiger charge is -2.25. The van der Waals surface area contributed by atoms with Gasteiger partial charge in [-0.3, -0.25) is 9.97 Å². The van der Waals surface area contributed by atoms with Gasteiger partial charge in [0.25, 0.3) is 0 Å². The van der Waals surface area contributed by atoms with E-state index in [9.17, 15) is 26.3 Å². The molecule has 11 heteroatoms. The molecule has 1 unspecified atom stereocenters. The van der Waals surface area contributed by atoms with E-state index in [1.54, 1.807) is 18.5 Å². The molecule has 32 heavy (non-hydrogen) atoms. The van der Waals surface area contributed by atoms with Crippen LogP contribution in [0.5, 0.6) is 0 Å². The number of nitrogens with one attached hydrogen (secondary N) is 1. The summed E-state index contributed by atoms with van der Waals surface area (Å²) in [7, 11) is 3.67. The normalized spacial score (nSPS) is 13.3. The number of alkyl halides is 6. The molecule has 0 aliphatic rings. The van der Waals surface area contributed by atoms with Crippen LogP contribution in [0.25, 0.3) is 11.3 Å². The van der Waals surface area contributed by atoms with Crippen molar-refractivity contribution >= 4 is 5.82 Å². The Morgan fingerprint density at radius 3 is 2.06 bits per heavy atom. The molecule has 0 saturated heterocycles. The van der Waals surface area contributed by atoms with Gasteiger partial charge in [-0.25, -0.2) is 4.98 Å². The highest BCUT2D eigenvalue weighted by Crippen LogP contribution is 2.39. The van der Waals surface area contributed by atoms with Gasteiger partial charge in [0, 0.05) is 36.9 Å². The summed E-state index contributed by atoms with van der Waals surface area (Å²) in [4.78, 5) is 14.1. The first-order chi connectivity index (χ1) is 15.0. The van der Waals surface area contributed by atoms with Crippen molar-refractivity contribution in [3.05, 3.63) is 71.8 Å². The van der Waals surface area contributed by atoms with Crippen molar-refractivity contribution < 1.29 is 26.3 Å². The van der Waals surface area contributed by atoms with Crippen LogP contribution in [0.15, 0.2) is 55.1 Å². The van der Waals surface area contributed by atoms with Gasteiger partial charge in [-0.15, -0.1) is 0 Å². The standard InChI is InChI=1S/C21H19F6N5/c1-32(2)17(13-4-3-5-28-11-13)12-31-19-18(29-6-7-30-19)14-8-15(20(22,23)24)10-16(9-14)21(25,26)27/h3-11,17H,12H2,1-2H3,(H,30,31). The van der Waals surface area contributed by atoms with Crippen LogP contribution in [0.2, 0.25) is 0 Å². The van der Waals surface area contributed by atoms with Crippen molar-refractivity contribution in [3.8, 4) is 11.3 Å². The SMILES string of the molecule is CN(C)C(CNc1nccnc1-c1cc(C(F)(F)F)cc(C(F)(F)F)c1)c1cccnc1. The maximum atomic E-state index is 13.3. The van der Waals surface area contributed by atoms with Gasteiger partial charge in [0.05, 0.1) is 17.2 Å². The lowest BCUT2D eigenvalue weighted by molar-refractivity contribution is -0.143. The van der Waals surface area contributed by atoms with Crippen molar-refractivity contribution in [1.82, 2.24) is 19.9 Å². The average Bonchev–Trinajstić information content (AvgIpc) is 2.73. The Morgan fingerprint density at radius 2 is 1.53 bits per heavy atom. The first-order valence-electron chi connectivity index (χ1n) is 9.38. The first kappa shape index (κ1) is 23.5. The molecule has 0 spiro atoms. The fourth-order valence-electron chi connectivity index (χ4n) is 3.14. The summed E-state index contributed by atoms with van der Waals surface area (Å²) in [5.74, 6) is 0.0655. The van der Waals surface area contributed by atoms with Crippen LogP contribution in [0.4, 0.5) is 32.2 Å². The molecular weight excluding hydrogens is 436 g/mol. The number of anilines is 1. The molecule has 0 amide bonds. The van der Waals surface area contributed by atoms with Crippen LogP contribution in [0, 0.1) is 0 Å². The third-order valence-electron chi connectivity index (χ3n) is 4.71. The lowest BCUT2D eigenvalue weighted by Crippen LogP contribution is -2.27. The molecule has 0 bridgehead atoms. The Bertz CT molecular complexity index is 1020. The molecular formula is C21H19F6N5. The molecule has 3 aromatic rings. The van der Waals surface area contributed by atoms with E-state index in [1.165, 1.54) is 12.4 Å². The summed E-state index contributed by atoms with van der Waals surface area (Å²) >= 11 is 0. The van der Waals surface area contributed by atoms with E-state index >= 15 is 0 Å². The molecule has 2 heterocycles. The Hall–Kier alpha value is -3.21. The summed E-state index contributed by atoms with van der Waals surface area (Å²) in [6.45, 7) is 0.259. The molecule has 0 radical (unpaired) electrons. The van der Waals surface area contributed by atoms with Gasteiger partial charge < -0.3 is 10.2 Å². The molecule has 1 atom stereocenters. The van der Waals surface area contributed by atoms with E-state index in [0.29, 0.717) is 12.1 Å². The van der Waals surface area contributed by atoms with Crippen LogP contribution in [0.1, 0.15) is 22.7 Å². The first-order valence-corrected chi connectivity index (χ1v) is 9.38. The minimum absolute atomic E-state index is 0.0655. The van der Waals surface area contributed by atoms with E-state index in [0.717, 1.165) is 5.56 Å². The summed E-state index contributed by atoms with van der Waals surface area (Å²) < 4.78 is 79.5. The van der Waals surface area contributed by atoms with Crippen molar-refractivity contribution in [2.75, 3.05) is 26.0 Å². The Kier molecular flexibility index (Phi) is 6.68. The fraction of sp³-hybridized carbons (Fsp3) is 0.286. The second kappa shape index (κ2) is 9.11. The van der Waals surface area contributed by atoms with Crippen molar-refractivity contribution in [1.29, 1.82) is 0 Å². The number of hydrogen-bond acceptors (Lipinski definition) is 5. The van der Waals surface area contributed by atoms with Gasteiger partial charge in [0.15, 0.2) is 5.82 Å². The maximum absolute atomic E-state index is 13.3. The number of aromatic nitrogens is 3. The third kappa shape index (κ3) is 5.52. The largest absolute Gasteiger partial charge is 0.416 e. The molecule has 1 N–H and O–H groups in total. The molecule has 1 aromatic carbocycles. The Labute approximate surface area is 180 Å². The summed E-state index contributed by atoms with van der Waals surface area (Å²) in [6, 6.07) is 4.78. The smallest absolute Gasteiger partial charge is 0.366 e. The molecule has 3 rings (SSSR count). The monoisotopic (exact) mass is 455 g/mol. The van der Waals surface area contributed by atoms with E-state index in [4.69, 9.17) is 0 Å². The van der Waals surface area contributed by atoms with Crippen LogP contribution >= 0.6 is 0 Å². The summed E-state index contributed by atoms with van der Waals surface area (Å²) in [5.41, 5.74) is -2.42. The van der Waals surface area contributed by atoms with E-state index in [1.807, 2.05) is 25.1 Å². The lowest BCUT2D eigenvalue weighted by atomic mass is 10.0. The summed E-state index contributed by atoms with van der Waals surface area (Å²) in [5, 5.41) is 3.00. The van der Waals surface area contributed by atoms with Gasteiger partial charge >= 0.3 is 12.4 Å². The molecule has 0 aliphatic carbocycles. The minimum atomic E-state index is -4.96. The number of likely N-dealkylation sites (N-methyl/N-ethyl adjacent to an activating group) is 1. The van der Waals surface area contributed by atoms with E-state index in [2.05, 4.69) is 20.3 Å². The number of benzene rings is 1. The predicted octanol–water partition coefficient (Wildman–Crippen LogP) is 5.29. The zero-order valence-corrected chi connectivity index (χ0v) is 17.0. The molecule has 0 fully saturated rings. The van der Waals surface area contributed by atoms with Gasteiger partial charge in [-0.05, 0) is 43.9 Å². The highest BCUT2D eigenvalue weighted by Gasteiger charge is 2.37.